The number of aliphatic carboxylic acids is 1. The first-order valence-electron chi connectivity index (χ1n) is 6.71. The summed E-state index contributed by atoms with van der Waals surface area (Å²) in [4.78, 5) is 22.6. The van der Waals surface area contributed by atoms with Crippen LogP contribution in [0.3, 0.4) is 0 Å². The van der Waals surface area contributed by atoms with Crippen LogP contribution < -0.4 is 10.1 Å². The van der Waals surface area contributed by atoms with Crippen LogP contribution in [0.15, 0.2) is 24.3 Å². The summed E-state index contributed by atoms with van der Waals surface area (Å²) in [5.74, 6) is -0.263. The molecule has 0 atom stereocenters. The molecule has 1 fully saturated rings. The van der Waals surface area contributed by atoms with E-state index in [0.717, 1.165) is 11.3 Å². The Morgan fingerprint density at radius 2 is 2.15 bits per heavy atom. The van der Waals surface area contributed by atoms with E-state index in [4.69, 9.17) is 9.84 Å². The molecule has 0 unspecified atom stereocenters. The van der Waals surface area contributed by atoms with E-state index >= 15 is 0 Å². The number of carbonyl (C=O) groups excluding carboxylic acids is 1. The highest BCUT2D eigenvalue weighted by Gasteiger charge is 2.50. The summed E-state index contributed by atoms with van der Waals surface area (Å²) >= 11 is 0. The Bertz CT molecular complexity index is 508. The highest BCUT2D eigenvalue weighted by Crippen LogP contribution is 2.45. The Balaban J connectivity index is 1.67. The van der Waals surface area contributed by atoms with Crippen LogP contribution in [0.1, 0.15) is 24.8 Å². The van der Waals surface area contributed by atoms with E-state index in [2.05, 4.69) is 5.32 Å². The van der Waals surface area contributed by atoms with Crippen molar-refractivity contribution in [2.75, 3.05) is 13.2 Å². The van der Waals surface area contributed by atoms with E-state index in [1.807, 2.05) is 31.2 Å². The lowest BCUT2D eigenvalue weighted by molar-refractivity contribution is -0.143. The zero-order valence-electron chi connectivity index (χ0n) is 11.5. The van der Waals surface area contributed by atoms with E-state index in [0.29, 0.717) is 12.8 Å². The number of rotatable bonds is 7. The lowest BCUT2D eigenvalue weighted by atomic mass is 10.1. The van der Waals surface area contributed by atoms with Gasteiger partial charge in [-0.25, -0.2) is 0 Å². The molecule has 0 aromatic heterocycles. The van der Waals surface area contributed by atoms with Gasteiger partial charge in [0.05, 0.1) is 18.4 Å². The predicted molar refractivity (Wildman–Crippen MR) is 73.6 cm³/mol. The molecule has 5 heteroatoms. The van der Waals surface area contributed by atoms with Crippen molar-refractivity contribution in [2.45, 2.75) is 26.2 Å². The van der Waals surface area contributed by atoms with Gasteiger partial charge in [0.15, 0.2) is 0 Å². The average Bonchev–Trinajstić information content (AvgIpc) is 3.18. The predicted octanol–water partition coefficient (Wildman–Crippen LogP) is 1.74. The van der Waals surface area contributed by atoms with Crippen molar-refractivity contribution < 1.29 is 19.4 Å². The third-order valence-corrected chi connectivity index (χ3v) is 3.52. The Morgan fingerprint density at radius 3 is 2.75 bits per heavy atom. The first-order chi connectivity index (χ1) is 9.52. The molecule has 0 bridgehead atoms. The molecule has 20 heavy (non-hydrogen) atoms. The quantitative estimate of drug-likeness (QED) is 0.796. The molecule has 1 aromatic rings. The minimum atomic E-state index is -0.825. The Hall–Kier alpha value is -2.04. The fourth-order valence-corrected chi connectivity index (χ4v) is 1.94. The van der Waals surface area contributed by atoms with Gasteiger partial charge < -0.3 is 15.2 Å². The van der Waals surface area contributed by atoms with Crippen LogP contribution in [0.4, 0.5) is 0 Å². The fraction of sp³-hybridized carbons (Fsp3) is 0.467. The Morgan fingerprint density at radius 1 is 1.40 bits per heavy atom. The van der Waals surface area contributed by atoms with Crippen molar-refractivity contribution in [3.63, 3.8) is 0 Å². The summed E-state index contributed by atoms with van der Waals surface area (Å²) in [5.41, 5.74) is 0.386. The molecule has 108 valence electrons. The third-order valence-electron chi connectivity index (χ3n) is 3.52. The highest BCUT2D eigenvalue weighted by atomic mass is 16.5. The van der Waals surface area contributed by atoms with Crippen LogP contribution in [0.5, 0.6) is 5.75 Å². The van der Waals surface area contributed by atoms with Gasteiger partial charge in [-0.05, 0) is 37.5 Å². The van der Waals surface area contributed by atoms with Gasteiger partial charge in [0, 0.05) is 6.54 Å². The maximum atomic E-state index is 11.6. The second kappa shape index (κ2) is 5.94. The van der Waals surface area contributed by atoms with E-state index in [1.54, 1.807) is 0 Å². The fourth-order valence-electron chi connectivity index (χ4n) is 1.94. The number of carbonyl (C=O) groups is 2. The van der Waals surface area contributed by atoms with Gasteiger partial charge in [-0.3, -0.25) is 9.59 Å². The van der Waals surface area contributed by atoms with Gasteiger partial charge in [0.25, 0.3) is 0 Å². The maximum Gasteiger partial charge on any atom is 0.311 e. The van der Waals surface area contributed by atoms with Gasteiger partial charge in [-0.2, -0.15) is 0 Å². The number of hydrogen-bond donors (Lipinski definition) is 2. The summed E-state index contributed by atoms with van der Waals surface area (Å²) in [6.07, 6.45) is 1.51. The number of amides is 1. The van der Waals surface area contributed by atoms with Crippen molar-refractivity contribution >= 4 is 11.9 Å². The molecule has 1 aliphatic carbocycles. The first kappa shape index (κ1) is 14.4. The van der Waals surface area contributed by atoms with Crippen molar-refractivity contribution in [3.8, 4) is 5.75 Å². The van der Waals surface area contributed by atoms with E-state index in [9.17, 15) is 9.59 Å². The topological polar surface area (TPSA) is 75.6 Å². The molecule has 0 spiro atoms. The number of hydrogen-bond acceptors (Lipinski definition) is 3. The molecule has 2 rings (SSSR count). The van der Waals surface area contributed by atoms with E-state index in [1.165, 1.54) is 0 Å². The van der Waals surface area contributed by atoms with Gasteiger partial charge in [0.2, 0.25) is 5.91 Å². The summed E-state index contributed by atoms with van der Waals surface area (Å²) in [6, 6.07) is 7.62. The molecule has 2 N–H and O–H groups in total. The molecular weight excluding hydrogens is 258 g/mol. The molecule has 0 heterocycles. The maximum absolute atomic E-state index is 11.6. The minimum absolute atomic E-state index is 0.176. The largest absolute Gasteiger partial charge is 0.493 e. The van der Waals surface area contributed by atoms with Crippen LogP contribution in [0.2, 0.25) is 0 Å². The number of carboxylic acid groups (broad SMARTS) is 1. The molecule has 0 saturated heterocycles. The highest BCUT2D eigenvalue weighted by molar-refractivity contribution is 5.80. The molecular formula is C15H19NO4. The second-order valence-corrected chi connectivity index (χ2v) is 5.28. The van der Waals surface area contributed by atoms with Crippen LogP contribution in [0.25, 0.3) is 0 Å². The van der Waals surface area contributed by atoms with Gasteiger partial charge in [0.1, 0.15) is 5.75 Å². The number of benzene rings is 1. The molecule has 5 nitrogen and oxygen atoms in total. The standard InChI is InChI=1S/C15H19NO4/c1-11-3-2-4-12(9-11)20-8-5-13(17)16-10-15(6-7-15)14(18)19/h2-4,9H,5-8,10H2,1H3,(H,16,17)(H,18,19). The Kier molecular flexibility index (Phi) is 4.27. The van der Waals surface area contributed by atoms with Gasteiger partial charge in [-0.1, -0.05) is 12.1 Å². The summed E-state index contributed by atoms with van der Waals surface area (Å²) in [7, 11) is 0. The number of ether oxygens (including phenoxy) is 1. The summed E-state index contributed by atoms with van der Waals surface area (Å²) < 4.78 is 5.48. The van der Waals surface area contributed by atoms with Crippen molar-refractivity contribution in [1.82, 2.24) is 5.32 Å². The molecule has 1 amide bonds. The lowest BCUT2D eigenvalue weighted by Gasteiger charge is -2.11. The third kappa shape index (κ3) is 3.73. The smallest absolute Gasteiger partial charge is 0.311 e. The number of carboxylic acids is 1. The van der Waals surface area contributed by atoms with E-state index < -0.39 is 11.4 Å². The van der Waals surface area contributed by atoms with Gasteiger partial charge in [-0.15, -0.1) is 0 Å². The summed E-state index contributed by atoms with van der Waals surface area (Å²) in [6.45, 7) is 2.47. The average molecular weight is 277 g/mol. The zero-order chi connectivity index (χ0) is 14.6. The monoisotopic (exact) mass is 277 g/mol. The normalized spacial score (nSPS) is 15.4. The SMILES string of the molecule is Cc1cccc(OCCC(=O)NCC2(C(=O)O)CC2)c1. The van der Waals surface area contributed by atoms with Crippen LogP contribution in [0, 0.1) is 12.3 Å². The molecule has 0 radical (unpaired) electrons. The molecule has 0 aliphatic heterocycles. The Labute approximate surface area is 117 Å². The molecule has 1 saturated carbocycles. The van der Waals surface area contributed by atoms with Crippen LogP contribution in [-0.2, 0) is 9.59 Å². The molecule has 1 aromatic carbocycles. The zero-order valence-corrected chi connectivity index (χ0v) is 11.5. The second-order valence-electron chi connectivity index (χ2n) is 5.28. The number of nitrogens with one attached hydrogen (secondary N) is 1. The minimum Gasteiger partial charge on any atom is -0.493 e. The van der Waals surface area contributed by atoms with Crippen molar-refractivity contribution in [2.24, 2.45) is 5.41 Å². The first-order valence-corrected chi connectivity index (χ1v) is 6.71. The molecule has 1 aliphatic rings. The lowest BCUT2D eigenvalue weighted by Crippen LogP contribution is -2.34. The van der Waals surface area contributed by atoms with E-state index in [-0.39, 0.29) is 25.5 Å². The van der Waals surface area contributed by atoms with Crippen LogP contribution >= 0.6 is 0 Å². The van der Waals surface area contributed by atoms with Crippen molar-refractivity contribution in [3.05, 3.63) is 29.8 Å². The number of aryl methyl sites for hydroxylation is 1. The van der Waals surface area contributed by atoms with Crippen LogP contribution in [-0.4, -0.2) is 30.1 Å². The summed E-state index contributed by atoms with van der Waals surface area (Å²) in [5, 5.41) is 11.7. The van der Waals surface area contributed by atoms with Crippen molar-refractivity contribution in [1.29, 1.82) is 0 Å². The van der Waals surface area contributed by atoms with Gasteiger partial charge >= 0.3 is 5.97 Å².